The second-order valence-electron chi connectivity index (χ2n) is 7.55. The second-order valence-corrected chi connectivity index (χ2v) is 7.55. The molecule has 1 aromatic rings. The van der Waals surface area contributed by atoms with Gasteiger partial charge >= 0.3 is 5.97 Å². The van der Waals surface area contributed by atoms with Gasteiger partial charge in [-0.2, -0.15) is 0 Å². The molecule has 2 fully saturated rings. The van der Waals surface area contributed by atoms with E-state index in [9.17, 15) is 9.59 Å². The number of amides is 1. The van der Waals surface area contributed by atoms with Gasteiger partial charge < -0.3 is 4.74 Å². The van der Waals surface area contributed by atoms with E-state index < -0.39 is 6.04 Å². The Morgan fingerprint density at radius 3 is 2.08 bits per heavy atom. The van der Waals surface area contributed by atoms with Crippen molar-refractivity contribution >= 4 is 17.6 Å². The van der Waals surface area contributed by atoms with Crippen LogP contribution in [0.2, 0.25) is 0 Å². The first-order chi connectivity index (χ1) is 11.4. The molecule has 24 heavy (non-hydrogen) atoms. The molecule has 4 heteroatoms. The van der Waals surface area contributed by atoms with E-state index in [0.717, 1.165) is 29.7 Å². The van der Waals surface area contributed by atoms with Crippen molar-refractivity contribution < 1.29 is 14.3 Å². The van der Waals surface area contributed by atoms with Gasteiger partial charge in [-0.05, 0) is 35.8 Å². The summed E-state index contributed by atoms with van der Waals surface area (Å²) < 4.78 is 5.19. The van der Waals surface area contributed by atoms with Crippen LogP contribution in [0.15, 0.2) is 18.2 Å². The zero-order chi connectivity index (χ0) is 17.4. The summed E-state index contributed by atoms with van der Waals surface area (Å²) in [6, 6.07) is 5.75. The smallest absolute Gasteiger partial charge is 0.329 e. The van der Waals surface area contributed by atoms with Crippen molar-refractivity contribution in [2.24, 2.45) is 5.92 Å². The Labute approximate surface area is 144 Å². The van der Waals surface area contributed by atoms with Crippen molar-refractivity contribution in [1.29, 1.82) is 0 Å². The van der Waals surface area contributed by atoms with Crippen LogP contribution in [-0.4, -0.2) is 24.5 Å². The predicted octanol–water partition coefficient (Wildman–Crippen LogP) is 3.99. The summed E-state index contributed by atoms with van der Waals surface area (Å²) in [5.74, 6) is 0.459. The lowest BCUT2D eigenvalue weighted by Crippen LogP contribution is -2.45. The number of rotatable bonds is 5. The molecule has 1 amide bonds. The number of carbonyl (C=O) groups is 2. The Morgan fingerprint density at radius 2 is 1.67 bits per heavy atom. The van der Waals surface area contributed by atoms with Crippen LogP contribution >= 0.6 is 0 Å². The number of hydrogen-bond acceptors (Lipinski definition) is 3. The van der Waals surface area contributed by atoms with Crippen molar-refractivity contribution in [1.82, 2.24) is 0 Å². The van der Waals surface area contributed by atoms with Crippen LogP contribution in [0.25, 0.3) is 0 Å². The molecule has 0 aromatic heterocycles. The van der Waals surface area contributed by atoms with Gasteiger partial charge in [-0.15, -0.1) is 0 Å². The molecule has 1 aromatic carbocycles. The third-order valence-electron chi connectivity index (χ3n) is 4.97. The summed E-state index contributed by atoms with van der Waals surface area (Å²) in [4.78, 5) is 27.2. The van der Waals surface area contributed by atoms with E-state index in [1.807, 2.05) is 0 Å². The number of esters is 1. The normalized spacial score (nSPS) is 20.6. The number of benzene rings is 1. The minimum Gasteiger partial charge on any atom is -0.464 e. The molecular weight excluding hydrogens is 302 g/mol. The summed E-state index contributed by atoms with van der Waals surface area (Å²) in [6.45, 7) is 8.94. The summed E-state index contributed by atoms with van der Waals surface area (Å²) in [6.07, 6.45) is 2.44. The lowest BCUT2D eigenvalue weighted by atomic mass is 9.90. The van der Waals surface area contributed by atoms with E-state index in [-0.39, 0.29) is 29.6 Å². The van der Waals surface area contributed by atoms with Gasteiger partial charge in [0.15, 0.2) is 0 Å². The quantitative estimate of drug-likeness (QED) is 0.767. The van der Waals surface area contributed by atoms with Crippen LogP contribution < -0.4 is 4.90 Å². The molecule has 0 N–H and O–H groups in total. The molecule has 1 saturated heterocycles. The molecule has 3 rings (SSSR count). The molecule has 0 radical (unpaired) electrons. The molecular formula is C20H27NO3. The minimum atomic E-state index is -0.476. The van der Waals surface area contributed by atoms with E-state index >= 15 is 0 Å². The fourth-order valence-corrected chi connectivity index (χ4v) is 3.46. The molecule has 1 unspecified atom stereocenters. The fourth-order valence-electron chi connectivity index (χ4n) is 3.46. The van der Waals surface area contributed by atoms with Crippen LogP contribution in [0.1, 0.15) is 69.9 Å². The molecule has 1 saturated carbocycles. The average molecular weight is 329 g/mol. The average Bonchev–Trinajstić information content (AvgIpc) is 3.31. The molecule has 1 aliphatic carbocycles. The monoisotopic (exact) mass is 329 g/mol. The van der Waals surface area contributed by atoms with Crippen molar-refractivity contribution in [3.63, 3.8) is 0 Å². The molecule has 2 aliphatic rings. The fraction of sp³-hybridized carbons (Fsp3) is 0.600. The van der Waals surface area contributed by atoms with Crippen molar-refractivity contribution in [3.05, 3.63) is 29.3 Å². The Morgan fingerprint density at radius 1 is 1.08 bits per heavy atom. The van der Waals surface area contributed by atoms with Crippen molar-refractivity contribution in [2.45, 2.75) is 64.8 Å². The molecule has 0 spiro atoms. The molecule has 1 atom stereocenters. The maximum absolute atomic E-state index is 13.1. The number of anilines is 1. The number of ether oxygens (including phenoxy) is 1. The predicted molar refractivity (Wildman–Crippen MR) is 94.2 cm³/mol. The van der Waals surface area contributed by atoms with E-state index in [4.69, 9.17) is 4.74 Å². The third-order valence-corrected chi connectivity index (χ3v) is 4.97. The molecule has 130 valence electrons. The standard InChI is InChI=1S/C20H27NO3/c1-12(2)15-6-5-7-16(13(3)4)18(15)21(19(22)14-8-9-14)17-10-11-24-20(17)23/h5-7,12-14,17H,8-11H2,1-4H3. The molecule has 0 bridgehead atoms. The second kappa shape index (κ2) is 6.58. The van der Waals surface area contributed by atoms with E-state index in [0.29, 0.717) is 13.0 Å². The van der Waals surface area contributed by atoms with Crippen molar-refractivity contribution in [2.75, 3.05) is 11.5 Å². The van der Waals surface area contributed by atoms with Gasteiger partial charge in [-0.3, -0.25) is 9.69 Å². The van der Waals surface area contributed by atoms with Crippen LogP contribution in [-0.2, 0) is 14.3 Å². The maximum Gasteiger partial charge on any atom is 0.329 e. The zero-order valence-electron chi connectivity index (χ0n) is 15.0. The van der Waals surface area contributed by atoms with Crippen LogP contribution in [0.3, 0.4) is 0 Å². The summed E-state index contributed by atoms with van der Waals surface area (Å²) in [7, 11) is 0. The largest absolute Gasteiger partial charge is 0.464 e. The summed E-state index contributed by atoms with van der Waals surface area (Å²) >= 11 is 0. The first kappa shape index (κ1) is 17.0. The van der Waals surface area contributed by atoms with Gasteiger partial charge in [0.25, 0.3) is 0 Å². The Hall–Kier alpha value is -1.84. The molecule has 1 aliphatic heterocycles. The van der Waals surface area contributed by atoms with Crippen LogP contribution in [0, 0.1) is 5.92 Å². The Bertz CT molecular complexity index is 620. The highest BCUT2D eigenvalue weighted by molar-refractivity contribution is 6.03. The molecule has 4 nitrogen and oxygen atoms in total. The first-order valence-electron chi connectivity index (χ1n) is 9.04. The number of carbonyl (C=O) groups excluding carboxylic acids is 2. The maximum atomic E-state index is 13.1. The minimum absolute atomic E-state index is 0.0682. The third kappa shape index (κ3) is 3.06. The lowest BCUT2D eigenvalue weighted by Gasteiger charge is -2.33. The van der Waals surface area contributed by atoms with Gasteiger partial charge in [0, 0.05) is 12.3 Å². The van der Waals surface area contributed by atoms with Gasteiger partial charge in [0.2, 0.25) is 5.91 Å². The van der Waals surface area contributed by atoms with Gasteiger partial charge in [0.05, 0.1) is 12.3 Å². The highest BCUT2D eigenvalue weighted by atomic mass is 16.5. The van der Waals surface area contributed by atoms with Gasteiger partial charge in [-0.1, -0.05) is 45.9 Å². The number of cyclic esters (lactones) is 1. The lowest BCUT2D eigenvalue weighted by molar-refractivity contribution is -0.140. The van der Waals surface area contributed by atoms with Gasteiger partial charge in [0.1, 0.15) is 6.04 Å². The molecule has 1 heterocycles. The van der Waals surface area contributed by atoms with E-state index in [1.165, 1.54) is 0 Å². The Balaban J connectivity index is 2.16. The van der Waals surface area contributed by atoms with Crippen molar-refractivity contribution in [3.8, 4) is 0 Å². The highest BCUT2D eigenvalue weighted by Gasteiger charge is 2.43. The summed E-state index contributed by atoms with van der Waals surface area (Å²) in [5, 5.41) is 0. The zero-order valence-corrected chi connectivity index (χ0v) is 15.0. The van der Waals surface area contributed by atoms with E-state index in [2.05, 4.69) is 45.9 Å². The van der Waals surface area contributed by atoms with E-state index in [1.54, 1.807) is 4.90 Å². The van der Waals surface area contributed by atoms with Crippen LogP contribution in [0.4, 0.5) is 5.69 Å². The SMILES string of the molecule is CC(C)c1cccc(C(C)C)c1N(C(=O)C1CC1)C1CCOC1=O. The number of nitrogens with zero attached hydrogens (tertiary/aromatic N) is 1. The van der Waals surface area contributed by atoms with Crippen LogP contribution in [0.5, 0.6) is 0 Å². The number of hydrogen-bond donors (Lipinski definition) is 0. The topological polar surface area (TPSA) is 46.6 Å². The number of para-hydroxylation sites is 1. The highest BCUT2D eigenvalue weighted by Crippen LogP contribution is 2.41. The van der Waals surface area contributed by atoms with Gasteiger partial charge in [-0.25, -0.2) is 4.79 Å². The summed E-state index contributed by atoms with van der Waals surface area (Å²) in [5.41, 5.74) is 3.22. The first-order valence-corrected chi connectivity index (χ1v) is 9.04. The Kier molecular flexibility index (Phi) is 4.66.